The summed E-state index contributed by atoms with van der Waals surface area (Å²) in [7, 11) is 0. The second-order valence-corrected chi connectivity index (χ2v) is 8.39. The third-order valence-corrected chi connectivity index (χ3v) is 6.03. The Morgan fingerprint density at radius 2 is 1.81 bits per heavy atom. The molecule has 0 aliphatic heterocycles. The highest BCUT2D eigenvalue weighted by Crippen LogP contribution is 2.33. The first kappa shape index (κ1) is 21.2. The summed E-state index contributed by atoms with van der Waals surface area (Å²) in [5, 5.41) is 14.2. The van der Waals surface area contributed by atoms with Gasteiger partial charge in [-0.25, -0.2) is 4.39 Å². The molecule has 0 fully saturated rings. The van der Waals surface area contributed by atoms with E-state index in [1.165, 1.54) is 24.0 Å². The third-order valence-electron chi connectivity index (χ3n) is 4.73. The molecule has 0 saturated heterocycles. The molecule has 2 N–H and O–H groups in total. The minimum atomic E-state index is -0.545. The van der Waals surface area contributed by atoms with Gasteiger partial charge in [-0.15, -0.1) is 11.8 Å². The number of carbonyl (C=O) groups is 1. The van der Waals surface area contributed by atoms with Crippen molar-refractivity contribution in [2.45, 2.75) is 17.2 Å². The average molecular weight is 453 g/mol. The Bertz CT molecular complexity index is 1230. The fourth-order valence-corrected chi connectivity index (χ4v) is 4.13. The second kappa shape index (κ2) is 9.37. The van der Waals surface area contributed by atoms with E-state index in [2.05, 4.69) is 10.3 Å². The summed E-state index contributed by atoms with van der Waals surface area (Å²) in [6.07, 6.45) is 1.19. The van der Waals surface area contributed by atoms with E-state index in [-0.39, 0.29) is 28.8 Å². The van der Waals surface area contributed by atoms with Crippen molar-refractivity contribution >= 4 is 40.2 Å². The van der Waals surface area contributed by atoms with Gasteiger partial charge in [0.1, 0.15) is 16.8 Å². The maximum absolute atomic E-state index is 14.6. The maximum Gasteiger partial charge on any atom is 0.256 e. The first-order chi connectivity index (χ1) is 15.0. The number of halogens is 2. The quantitative estimate of drug-likeness (QED) is 0.354. The minimum Gasteiger partial charge on any atom is -0.506 e. The van der Waals surface area contributed by atoms with Crippen LogP contribution in [-0.2, 0) is 12.3 Å². The van der Waals surface area contributed by atoms with Gasteiger partial charge in [0.15, 0.2) is 5.82 Å². The highest BCUT2D eigenvalue weighted by molar-refractivity contribution is 7.98. The Morgan fingerprint density at radius 3 is 2.55 bits per heavy atom. The number of thioether (sulfide) groups is 1. The number of aromatic hydroxyl groups is 1. The zero-order valence-corrected chi connectivity index (χ0v) is 17.9. The molecule has 0 unspecified atom stereocenters. The molecule has 4 nitrogen and oxygen atoms in total. The molecular weight excluding hydrogens is 435 g/mol. The number of hydrogen-bond acceptors (Lipinski definition) is 4. The Hall–Kier alpha value is -3.09. The Kier molecular flexibility index (Phi) is 6.39. The minimum absolute atomic E-state index is 0.00827. The second-order valence-electron chi connectivity index (χ2n) is 6.91. The molecule has 3 aromatic carbocycles. The topological polar surface area (TPSA) is 62.2 Å². The molecule has 1 heterocycles. The van der Waals surface area contributed by atoms with E-state index >= 15 is 0 Å². The molecule has 0 aliphatic rings. The van der Waals surface area contributed by atoms with Gasteiger partial charge in [-0.1, -0.05) is 54.1 Å². The maximum atomic E-state index is 14.6. The van der Waals surface area contributed by atoms with Gasteiger partial charge in [0, 0.05) is 33.8 Å². The van der Waals surface area contributed by atoms with E-state index in [0.717, 1.165) is 11.1 Å². The summed E-state index contributed by atoms with van der Waals surface area (Å²) in [5.74, 6) is -0.679. The monoisotopic (exact) mass is 452 g/mol. The first-order valence-electron chi connectivity index (χ1n) is 9.52. The molecule has 0 aliphatic carbocycles. The fourth-order valence-electron chi connectivity index (χ4n) is 3.09. The summed E-state index contributed by atoms with van der Waals surface area (Å²) < 4.78 is 14.6. The Balaban J connectivity index is 1.56. The van der Waals surface area contributed by atoms with Crippen molar-refractivity contribution < 1.29 is 14.3 Å². The first-order valence-corrected chi connectivity index (χ1v) is 10.9. The third kappa shape index (κ3) is 4.98. The zero-order valence-electron chi connectivity index (χ0n) is 16.3. The van der Waals surface area contributed by atoms with Crippen molar-refractivity contribution in [2.24, 2.45) is 0 Å². The number of hydrogen-bond donors (Lipinski definition) is 2. The van der Waals surface area contributed by atoms with Crippen LogP contribution in [0.1, 0.15) is 21.5 Å². The smallest absolute Gasteiger partial charge is 0.256 e. The van der Waals surface area contributed by atoms with Crippen LogP contribution in [0.2, 0.25) is 5.02 Å². The summed E-state index contributed by atoms with van der Waals surface area (Å²) in [6, 6.07) is 19.9. The van der Waals surface area contributed by atoms with Gasteiger partial charge in [-0.05, 0) is 35.4 Å². The van der Waals surface area contributed by atoms with Gasteiger partial charge < -0.3 is 10.4 Å². The van der Waals surface area contributed by atoms with E-state index in [0.29, 0.717) is 15.7 Å². The average Bonchev–Trinajstić information content (AvgIpc) is 2.78. The van der Waals surface area contributed by atoms with Crippen molar-refractivity contribution in [1.29, 1.82) is 0 Å². The Morgan fingerprint density at radius 1 is 1.06 bits per heavy atom. The molecule has 4 rings (SSSR count). The van der Waals surface area contributed by atoms with Crippen LogP contribution in [0.4, 0.5) is 4.39 Å². The van der Waals surface area contributed by atoms with Crippen LogP contribution in [0.15, 0.2) is 77.8 Å². The van der Waals surface area contributed by atoms with Crippen LogP contribution in [0.3, 0.4) is 0 Å². The molecule has 1 amide bonds. The van der Waals surface area contributed by atoms with Crippen LogP contribution >= 0.6 is 23.4 Å². The number of fused-ring (bicyclic) bond motifs is 1. The number of benzene rings is 3. The molecule has 7 heteroatoms. The molecule has 156 valence electrons. The summed E-state index contributed by atoms with van der Waals surface area (Å²) in [5.41, 5.74) is 1.98. The van der Waals surface area contributed by atoms with Crippen molar-refractivity contribution in [2.75, 3.05) is 0 Å². The van der Waals surface area contributed by atoms with Crippen molar-refractivity contribution in [1.82, 2.24) is 10.3 Å². The van der Waals surface area contributed by atoms with E-state index < -0.39 is 11.7 Å². The van der Waals surface area contributed by atoms with E-state index in [4.69, 9.17) is 11.6 Å². The lowest BCUT2D eigenvalue weighted by Gasteiger charge is -2.11. The van der Waals surface area contributed by atoms with Gasteiger partial charge in [0.05, 0.1) is 0 Å². The van der Waals surface area contributed by atoms with Gasteiger partial charge in [-0.2, -0.15) is 0 Å². The lowest BCUT2D eigenvalue weighted by molar-refractivity contribution is 0.0948. The molecule has 4 aromatic rings. The molecule has 0 saturated carbocycles. The molecule has 0 spiro atoms. The zero-order chi connectivity index (χ0) is 21.8. The van der Waals surface area contributed by atoms with Crippen LogP contribution in [0.25, 0.3) is 10.9 Å². The molecule has 0 atom stereocenters. The predicted molar refractivity (Wildman–Crippen MR) is 122 cm³/mol. The van der Waals surface area contributed by atoms with Crippen molar-refractivity contribution in [3.63, 3.8) is 0 Å². The highest BCUT2D eigenvalue weighted by Gasteiger charge is 2.17. The molecular formula is C24H18ClFN2O2S. The van der Waals surface area contributed by atoms with Gasteiger partial charge in [-0.3, -0.25) is 9.78 Å². The fraction of sp³-hybridized carbons (Fsp3) is 0.0833. The van der Waals surface area contributed by atoms with E-state index in [1.54, 1.807) is 30.3 Å². The van der Waals surface area contributed by atoms with Crippen LogP contribution < -0.4 is 5.32 Å². The van der Waals surface area contributed by atoms with Gasteiger partial charge in [0.2, 0.25) is 0 Å². The van der Waals surface area contributed by atoms with E-state index in [9.17, 15) is 14.3 Å². The van der Waals surface area contributed by atoms with Crippen LogP contribution in [0, 0.1) is 5.82 Å². The van der Waals surface area contributed by atoms with E-state index in [1.807, 2.05) is 30.3 Å². The Labute approximate surface area is 188 Å². The summed E-state index contributed by atoms with van der Waals surface area (Å²) in [6.45, 7) is 0.259. The van der Waals surface area contributed by atoms with Gasteiger partial charge >= 0.3 is 0 Å². The lowest BCUT2D eigenvalue weighted by Crippen LogP contribution is -2.23. The van der Waals surface area contributed by atoms with Crippen LogP contribution in [0.5, 0.6) is 5.75 Å². The van der Waals surface area contributed by atoms with Gasteiger partial charge in [0.25, 0.3) is 5.91 Å². The molecule has 1 aromatic heterocycles. The number of rotatable bonds is 6. The SMILES string of the molecule is O=C(NCc1ccc(Cl)cc1)c1cnc2c(F)cc(SCc3ccccc3)cc2c1O. The predicted octanol–water partition coefficient (Wildman–Crippen LogP) is 5.96. The number of nitrogens with one attached hydrogen (secondary N) is 1. The normalized spacial score (nSPS) is 10.9. The molecule has 31 heavy (non-hydrogen) atoms. The number of aromatic nitrogens is 1. The number of pyridine rings is 1. The van der Waals surface area contributed by atoms with Crippen LogP contribution in [-0.4, -0.2) is 16.0 Å². The number of amides is 1. The molecule has 0 bridgehead atoms. The summed E-state index contributed by atoms with van der Waals surface area (Å²) >= 11 is 7.31. The largest absolute Gasteiger partial charge is 0.506 e. The lowest BCUT2D eigenvalue weighted by atomic mass is 10.1. The summed E-state index contributed by atoms with van der Waals surface area (Å²) in [4.78, 5) is 17.3. The van der Waals surface area contributed by atoms with Crippen molar-refractivity contribution in [3.8, 4) is 5.75 Å². The van der Waals surface area contributed by atoms with Crippen molar-refractivity contribution in [3.05, 3.63) is 100 Å². The number of carbonyl (C=O) groups excluding carboxylic acids is 1. The highest BCUT2D eigenvalue weighted by atomic mass is 35.5. The standard InChI is InChI=1S/C24H18ClFN2O2S/c25-17-8-6-15(7-9-17)12-28-24(30)20-13-27-22-19(23(20)29)10-18(11-21(22)26)31-14-16-4-2-1-3-5-16/h1-11,13H,12,14H2,(H,27,29)(H,28,30). The molecule has 0 radical (unpaired) electrons. The number of nitrogens with zero attached hydrogens (tertiary/aromatic N) is 1.